The largest absolute Gasteiger partial charge is 0.481 e. The first-order valence-electron chi connectivity index (χ1n) is 9.96. The van der Waals surface area contributed by atoms with Crippen LogP contribution in [0, 0.1) is 46.8 Å². The quantitative estimate of drug-likeness (QED) is 0.530. The molecular weight excluding hydrogens is 332 g/mol. The predicted octanol–water partition coefficient (Wildman–Crippen LogP) is 1.87. The van der Waals surface area contributed by atoms with Crippen LogP contribution in [0.25, 0.3) is 0 Å². The van der Waals surface area contributed by atoms with Crippen molar-refractivity contribution in [3.63, 3.8) is 0 Å². The molecule has 6 aliphatic carbocycles. The summed E-state index contributed by atoms with van der Waals surface area (Å²) in [6.07, 6.45) is 11.2. The molecule has 3 N–H and O–H groups in total. The number of carbonyl (C=O) groups excluding carboxylic acids is 2. The van der Waals surface area contributed by atoms with Gasteiger partial charge in [0, 0.05) is 0 Å². The molecule has 5 fully saturated rings. The minimum absolute atomic E-state index is 0.0300. The molecule has 6 rings (SSSR count). The lowest BCUT2D eigenvalue weighted by atomic mass is 9.49. The van der Waals surface area contributed by atoms with Crippen molar-refractivity contribution in [3.05, 3.63) is 12.2 Å². The van der Waals surface area contributed by atoms with E-state index < -0.39 is 17.8 Å². The first-order valence-corrected chi connectivity index (χ1v) is 9.96. The zero-order valence-corrected chi connectivity index (χ0v) is 14.8. The van der Waals surface area contributed by atoms with Gasteiger partial charge in [-0.05, 0) is 74.5 Å². The highest BCUT2D eigenvalue weighted by molar-refractivity contribution is 5.90. The van der Waals surface area contributed by atoms with Crippen molar-refractivity contribution in [2.24, 2.45) is 46.8 Å². The van der Waals surface area contributed by atoms with E-state index in [1.54, 1.807) is 0 Å². The average molecular weight is 358 g/mol. The number of nitrogens with one attached hydrogen (secondary N) is 2. The summed E-state index contributed by atoms with van der Waals surface area (Å²) in [5.41, 5.74) is 4.95. The number of aliphatic carboxylic acids is 1. The van der Waals surface area contributed by atoms with Gasteiger partial charge in [0.25, 0.3) is 0 Å². The maximum Gasteiger partial charge on any atom is 0.307 e. The number of hydrogen-bond donors (Lipinski definition) is 3. The van der Waals surface area contributed by atoms with E-state index in [0.717, 1.165) is 25.7 Å². The van der Waals surface area contributed by atoms with E-state index in [0.29, 0.717) is 17.8 Å². The molecule has 0 spiro atoms. The van der Waals surface area contributed by atoms with Crippen molar-refractivity contribution in [2.75, 3.05) is 0 Å². The van der Waals surface area contributed by atoms with Gasteiger partial charge in [0.2, 0.25) is 11.8 Å². The molecule has 4 atom stereocenters. The van der Waals surface area contributed by atoms with Crippen LogP contribution in [0.4, 0.5) is 0 Å². The Kier molecular flexibility index (Phi) is 3.50. The fourth-order valence-corrected chi connectivity index (χ4v) is 7.24. The second kappa shape index (κ2) is 5.57. The van der Waals surface area contributed by atoms with Crippen molar-refractivity contribution in [1.82, 2.24) is 10.9 Å². The summed E-state index contributed by atoms with van der Waals surface area (Å²) in [5, 5.41) is 9.48. The smallest absolute Gasteiger partial charge is 0.307 e. The Morgan fingerprint density at radius 2 is 1.35 bits per heavy atom. The van der Waals surface area contributed by atoms with Gasteiger partial charge in [0.1, 0.15) is 0 Å². The van der Waals surface area contributed by atoms with E-state index >= 15 is 0 Å². The zero-order valence-electron chi connectivity index (χ0n) is 14.8. The maximum absolute atomic E-state index is 12.9. The van der Waals surface area contributed by atoms with Gasteiger partial charge >= 0.3 is 5.97 Å². The Balaban J connectivity index is 1.25. The second-order valence-corrected chi connectivity index (χ2v) is 9.48. The number of hydrogen-bond acceptors (Lipinski definition) is 3. The fraction of sp³-hybridized carbons (Fsp3) is 0.750. The van der Waals surface area contributed by atoms with Crippen LogP contribution in [0.2, 0.25) is 0 Å². The van der Waals surface area contributed by atoms with Crippen molar-refractivity contribution in [3.8, 4) is 0 Å². The normalized spacial score (nSPS) is 47.2. The average Bonchev–Trinajstić information content (AvgIpc) is 3.19. The molecule has 26 heavy (non-hydrogen) atoms. The Hall–Kier alpha value is -1.85. The van der Waals surface area contributed by atoms with Gasteiger partial charge in [-0.3, -0.25) is 25.2 Å². The van der Waals surface area contributed by atoms with Gasteiger partial charge in [0.15, 0.2) is 0 Å². The topological polar surface area (TPSA) is 95.5 Å². The number of carboxylic acids is 1. The molecule has 0 radical (unpaired) electrons. The third-order valence-electron chi connectivity index (χ3n) is 7.87. The SMILES string of the molecule is O=C(O)[C@H]1[C@H](C(=O)NNC(=O)C23CC4CC(CC(C4)C2)C3)[C@H]2C=C[C@H]1C2. The van der Waals surface area contributed by atoms with E-state index in [2.05, 4.69) is 10.9 Å². The predicted molar refractivity (Wildman–Crippen MR) is 92.2 cm³/mol. The highest BCUT2D eigenvalue weighted by Gasteiger charge is 2.55. The van der Waals surface area contributed by atoms with E-state index in [1.807, 2.05) is 12.2 Å². The summed E-state index contributed by atoms with van der Waals surface area (Å²) in [4.78, 5) is 37.2. The van der Waals surface area contributed by atoms with Crippen LogP contribution >= 0.6 is 0 Å². The standard InChI is InChI=1S/C20H26N2O4/c23-17(15-13-1-2-14(6-13)16(15)18(24)25)21-22-19(26)20-7-10-3-11(8-20)5-12(4-10)9-20/h1-2,10-16H,3-9H2,(H,21,23)(H,22,26)(H,24,25)/t10?,11?,12?,13-,14-,15+,16+,20?/m0/s1. The third-order valence-corrected chi connectivity index (χ3v) is 7.87. The minimum Gasteiger partial charge on any atom is -0.481 e. The van der Waals surface area contributed by atoms with Gasteiger partial charge in [-0.1, -0.05) is 12.2 Å². The second-order valence-electron chi connectivity index (χ2n) is 9.48. The summed E-state index contributed by atoms with van der Waals surface area (Å²) < 4.78 is 0. The Morgan fingerprint density at radius 3 is 1.88 bits per heavy atom. The van der Waals surface area contributed by atoms with Gasteiger partial charge in [-0.15, -0.1) is 0 Å². The molecule has 6 heteroatoms. The molecule has 0 unspecified atom stereocenters. The first-order chi connectivity index (χ1) is 12.4. The lowest BCUT2D eigenvalue weighted by Crippen LogP contribution is -2.57. The van der Waals surface area contributed by atoms with Gasteiger partial charge in [0.05, 0.1) is 17.3 Å². The molecule has 6 bridgehead atoms. The molecule has 6 nitrogen and oxygen atoms in total. The number of allylic oxidation sites excluding steroid dienone is 2. The molecule has 140 valence electrons. The molecule has 0 aliphatic heterocycles. The van der Waals surface area contributed by atoms with Crippen LogP contribution in [0.1, 0.15) is 44.9 Å². The summed E-state index contributed by atoms with van der Waals surface area (Å²) in [6, 6.07) is 0. The lowest BCUT2D eigenvalue weighted by molar-refractivity contribution is -0.151. The Morgan fingerprint density at radius 1 is 0.808 bits per heavy atom. The summed E-state index contributed by atoms with van der Waals surface area (Å²) in [7, 11) is 0. The third kappa shape index (κ3) is 2.33. The summed E-state index contributed by atoms with van der Waals surface area (Å²) >= 11 is 0. The van der Waals surface area contributed by atoms with E-state index in [4.69, 9.17) is 0 Å². The molecule has 5 saturated carbocycles. The van der Waals surface area contributed by atoms with Crippen LogP contribution < -0.4 is 10.9 Å². The number of hydrazine groups is 1. The van der Waals surface area contributed by atoms with Crippen LogP contribution in [0.15, 0.2) is 12.2 Å². The molecule has 0 saturated heterocycles. The number of amides is 2. The van der Waals surface area contributed by atoms with Gasteiger partial charge in [-0.2, -0.15) is 0 Å². The Labute approximate surface area is 152 Å². The van der Waals surface area contributed by atoms with Crippen molar-refractivity contribution in [2.45, 2.75) is 44.9 Å². The van der Waals surface area contributed by atoms with E-state index in [1.165, 1.54) is 19.3 Å². The summed E-state index contributed by atoms with van der Waals surface area (Å²) in [5.74, 6) is -0.707. The zero-order chi connectivity index (χ0) is 18.1. The van der Waals surface area contributed by atoms with Crippen LogP contribution in [0.5, 0.6) is 0 Å². The van der Waals surface area contributed by atoms with E-state index in [-0.39, 0.29) is 29.1 Å². The van der Waals surface area contributed by atoms with Crippen molar-refractivity contribution in [1.29, 1.82) is 0 Å². The van der Waals surface area contributed by atoms with Gasteiger partial charge in [-0.25, -0.2) is 0 Å². The van der Waals surface area contributed by atoms with Crippen LogP contribution in [0.3, 0.4) is 0 Å². The van der Waals surface area contributed by atoms with Crippen LogP contribution in [-0.2, 0) is 14.4 Å². The number of carboxylic acid groups (broad SMARTS) is 1. The van der Waals surface area contributed by atoms with Crippen molar-refractivity contribution < 1.29 is 19.5 Å². The Bertz CT molecular complexity index is 665. The monoisotopic (exact) mass is 358 g/mol. The number of rotatable bonds is 3. The number of carbonyl (C=O) groups is 3. The molecular formula is C20H26N2O4. The molecule has 0 heterocycles. The maximum atomic E-state index is 12.9. The van der Waals surface area contributed by atoms with Crippen LogP contribution in [-0.4, -0.2) is 22.9 Å². The molecule has 0 aromatic carbocycles. The van der Waals surface area contributed by atoms with Crippen molar-refractivity contribution >= 4 is 17.8 Å². The molecule has 0 aromatic rings. The summed E-state index contributed by atoms with van der Waals surface area (Å²) in [6.45, 7) is 0. The van der Waals surface area contributed by atoms with E-state index in [9.17, 15) is 19.5 Å². The first kappa shape index (κ1) is 16.3. The lowest BCUT2D eigenvalue weighted by Gasteiger charge is -2.55. The molecule has 6 aliphatic rings. The molecule has 2 amide bonds. The minimum atomic E-state index is -0.922. The number of fused-ring (bicyclic) bond motifs is 2. The highest BCUT2D eigenvalue weighted by atomic mass is 16.4. The fourth-order valence-electron chi connectivity index (χ4n) is 7.24. The van der Waals surface area contributed by atoms with Gasteiger partial charge < -0.3 is 5.11 Å². The highest BCUT2D eigenvalue weighted by Crippen LogP contribution is 2.60. The molecule has 0 aromatic heterocycles.